The predicted molar refractivity (Wildman–Crippen MR) is 114 cm³/mol. The van der Waals surface area contributed by atoms with Crippen LogP contribution in [0, 0.1) is 13.8 Å². The topological polar surface area (TPSA) is 105 Å². The maximum absolute atomic E-state index is 12.2. The van der Waals surface area contributed by atoms with E-state index in [4.69, 9.17) is 4.74 Å². The number of anilines is 1. The summed E-state index contributed by atoms with van der Waals surface area (Å²) in [5.41, 5.74) is 3.11. The number of hydrogen-bond donors (Lipinski definition) is 2. The minimum absolute atomic E-state index is 0.0556. The van der Waals surface area contributed by atoms with Crippen molar-refractivity contribution < 1.29 is 23.9 Å². The molecule has 0 saturated carbocycles. The molecule has 2 aromatic rings. The van der Waals surface area contributed by atoms with E-state index in [1.54, 1.807) is 16.8 Å². The first-order chi connectivity index (χ1) is 14.3. The van der Waals surface area contributed by atoms with Gasteiger partial charge in [-0.1, -0.05) is 18.2 Å². The van der Waals surface area contributed by atoms with Crippen LogP contribution in [0.15, 0.2) is 35.0 Å². The zero-order chi connectivity index (χ0) is 22.1. The van der Waals surface area contributed by atoms with Crippen molar-refractivity contribution in [2.45, 2.75) is 20.3 Å². The summed E-state index contributed by atoms with van der Waals surface area (Å²) in [6.07, 6.45) is -0.0556. The van der Waals surface area contributed by atoms with Crippen molar-refractivity contribution in [1.82, 2.24) is 10.2 Å². The van der Waals surface area contributed by atoms with Crippen molar-refractivity contribution in [2.24, 2.45) is 0 Å². The monoisotopic (exact) mass is 431 g/mol. The summed E-state index contributed by atoms with van der Waals surface area (Å²) in [6.45, 7) is 3.25. The molecule has 160 valence electrons. The molecule has 1 heterocycles. The van der Waals surface area contributed by atoms with Crippen molar-refractivity contribution in [3.05, 3.63) is 51.7 Å². The van der Waals surface area contributed by atoms with Gasteiger partial charge in [0.15, 0.2) is 6.61 Å². The number of likely N-dealkylation sites (N-methyl/N-ethyl adjacent to an activating group) is 1. The van der Waals surface area contributed by atoms with Crippen LogP contribution in [0.1, 0.15) is 27.9 Å². The van der Waals surface area contributed by atoms with E-state index < -0.39 is 18.5 Å². The summed E-state index contributed by atoms with van der Waals surface area (Å²) in [6, 6.07) is 7.36. The molecular formula is C21H25N3O5S. The number of nitrogens with one attached hydrogen (secondary N) is 2. The molecular weight excluding hydrogens is 406 g/mol. The zero-order valence-corrected chi connectivity index (χ0v) is 18.0. The fraction of sp³-hybridized carbons (Fsp3) is 0.333. The van der Waals surface area contributed by atoms with Crippen LogP contribution < -0.4 is 10.6 Å². The van der Waals surface area contributed by atoms with Crippen LogP contribution in [0.3, 0.4) is 0 Å². The van der Waals surface area contributed by atoms with Gasteiger partial charge in [0.1, 0.15) is 0 Å². The van der Waals surface area contributed by atoms with Crippen molar-refractivity contribution >= 4 is 40.7 Å². The van der Waals surface area contributed by atoms with E-state index in [1.165, 1.54) is 23.3 Å². The summed E-state index contributed by atoms with van der Waals surface area (Å²) < 4.78 is 4.92. The highest BCUT2D eigenvalue weighted by Crippen LogP contribution is 2.19. The third-order valence-corrected chi connectivity index (χ3v) is 4.99. The number of aryl methyl sites for hydroxylation is 2. The van der Waals surface area contributed by atoms with Crippen LogP contribution >= 0.6 is 11.3 Å². The summed E-state index contributed by atoms with van der Waals surface area (Å²) in [5, 5.41) is 8.89. The molecule has 0 aliphatic rings. The molecule has 0 bridgehead atoms. The number of thiophene rings is 1. The Morgan fingerprint density at radius 3 is 2.43 bits per heavy atom. The number of carbonyl (C=O) groups excluding carboxylic acids is 4. The normalized spacial score (nSPS) is 10.2. The van der Waals surface area contributed by atoms with E-state index >= 15 is 0 Å². The second-order valence-electron chi connectivity index (χ2n) is 6.74. The van der Waals surface area contributed by atoms with Gasteiger partial charge in [-0.15, -0.1) is 0 Å². The van der Waals surface area contributed by atoms with Gasteiger partial charge in [0.2, 0.25) is 5.91 Å². The second kappa shape index (κ2) is 11.1. The Morgan fingerprint density at radius 2 is 1.80 bits per heavy atom. The Balaban J connectivity index is 1.68. The maximum Gasteiger partial charge on any atom is 0.308 e. The average molecular weight is 432 g/mol. The molecule has 2 N–H and O–H groups in total. The maximum atomic E-state index is 12.2. The molecule has 0 spiro atoms. The fourth-order valence-electron chi connectivity index (χ4n) is 2.59. The van der Waals surface area contributed by atoms with Gasteiger partial charge in [-0.25, -0.2) is 0 Å². The third-order valence-electron chi connectivity index (χ3n) is 4.31. The molecule has 0 radical (unpaired) electrons. The summed E-state index contributed by atoms with van der Waals surface area (Å²) in [7, 11) is 1.46. The van der Waals surface area contributed by atoms with E-state index in [0.717, 1.165) is 16.8 Å². The molecule has 0 saturated heterocycles. The number of rotatable bonds is 9. The first-order valence-electron chi connectivity index (χ1n) is 9.34. The van der Waals surface area contributed by atoms with Gasteiger partial charge in [0, 0.05) is 30.2 Å². The van der Waals surface area contributed by atoms with Gasteiger partial charge in [0.05, 0.1) is 13.0 Å². The lowest BCUT2D eigenvalue weighted by Gasteiger charge is -2.18. The van der Waals surface area contributed by atoms with E-state index in [2.05, 4.69) is 10.6 Å². The molecule has 0 atom stereocenters. The van der Waals surface area contributed by atoms with Gasteiger partial charge in [-0.2, -0.15) is 11.3 Å². The average Bonchev–Trinajstić information content (AvgIpc) is 3.24. The first-order valence-corrected chi connectivity index (χ1v) is 10.3. The Labute approximate surface area is 179 Å². The van der Waals surface area contributed by atoms with Crippen LogP contribution in [0.25, 0.3) is 0 Å². The highest BCUT2D eigenvalue weighted by Gasteiger charge is 2.16. The molecule has 9 heteroatoms. The molecule has 0 aliphatic carbocycles. The summed E-state index contributed by atoms with van der Waals surface area (Å²) >= 11 is 1.40. The summed E-state index contributed by atoms with van der Waals surface area (Å²) in [4.78, 5) is 49.0. The number of amides is 3. The van der Waals surface area contributed by atoms with E-state index in [9.17, 15) is 19.2 Å². The van der Waals surface area contributed by atoms with Crippen LogP contribution in [0.4, 0.5) is 5.69 Å². The minimum atomic E-state index is -0.609. The zero-order valence-electron chi connectivity index (χ0n) is 17.2. The van der Waals surface area contributed by atoms with Crippen molar-refractivity contribution in [3.63, 3.8) is 0 Å². The number of para-hydroxylation sites is 1. The number of nitrogens with zero attached hydrogens (tertiary/aromatic N) is 1. The molecule has 0 unspecified atom stereocenters. The Hall–Kier alpha value is -3.20. The molecule has 1 aromatic carbocycles. The predicted octanol–water partition coefficient (Wildman–Crippen LogP) is 2.13. The fourth-order valence-corrected chi connectivity index (χ4v) is 3.23. The molecule has 2 rings (SSSR count). The number of ether oxygens (including phenoxy) is 1. The van der Waals surface area contributed by atoms with Crippen molar-refractivity contribution in [1.29, 1.82) is 0 Å². The second-order valence-corrected chi connectivity index (χ2v) is 7.52. The largest absolute Gasteiger partial charge is 0.456 e. The van der Waals surface area contributed by atoms with Crippen molar-refractivity contribution in [3.8, 4) is 0 Å². The smallest absolute Gasteiger partial charge is 0.308 e. The Morgan fingerprint density at radius 1 is 1.10 bits per heavy atom. The SMILES string of the molecule is Cc1cccc(C)c1NC(=O)CN(C)C(=O)COC(=O)CCNC(=O)c1ccsc1. The third kappa shape index (κ3) is 7.00. The summed E-state index contributed by atoms with van der Waals surface area (Å²) in [5.74, 6) is -1.72. The number of benzene rings is 1. The molecule has 0 fully saturated rings. The molecule has 8 nitrogen and oxygen atoms in total. The Kier molecular flexibility index (Phi) is 8.54. The van der Waals surface area contributed by atoms with Crippen LogP contribution in [0.2, 0.25) is 0 Å². The van der Waals surface area contributed by atoms with Gasteiger partial charge >= 0.3 is 5.97 Å². The minimum Gasteiger partial charge on any atom is -0.456 e. The molecule has 1 aromatic heterocycles. The van der Waals surface area contributed by atoms with Crippen molar-refractivity contribution in [2.75, 3.05) is 32.1 Å². The van der Waals surface area contributed by atoms with Crippen LogP contribution in [0.5, 0.6) is 0 Å². The lowest BCUT2D eigenvalue weighted by Crippen LogP contribution is -2.37. The van der Waals surface area contributed by atoms with Crippen LogP contribution in [-0.4, -0.2) is 55.3 Å². The molecule has 0 aliphatic heterocycles. The van der Waals surface area contributed by atoms with E-state index in [0.29, 0.717) is 5.56 Å². The lowest BCUT2D eigenvalue weighted by molar-refractivity contribution is -0.151. The Bertz CT molecular complexity index is 891. The quantitative estimate of drug-likeness (QED) is 0.592. The van der Waals surface area contributed by atoms with Gasteiger partial charge in [0.25, 0.3) is 11.8 Å². The van der Waals surface area contributed by atoms with E-state index in [-0.39, 0.29) is 31.3 Å². The molecule has 30 heavy (non-hydrogen) atoms. The van der Waals surface area contributed by atoms with Gasteiger partial charge in [-0.05, 0) is 36.4 Å². The highest BCUT2D eigenvalue weighted by molar-refractivity contribution is 7.08. The lowest BCUT2D eigenvalue weighted by atomic mass is 10.1. The van der Waals surface area contributed by atoms with Crippen LogP contribution in [-0.2, 0) is 19.1 Å². The molecule has 3 amide bonds. The number of hydrogen-bond acceptors (Lipinski definition) is 6. The van der Waals surface area contributed by atoms with Gasteiger partial charge in [-0.3, -0.25) is 19.2 Å². The highest BCUT2D eigenvalue weighted by atomic mass is 32.1. The van der Waals surface area contributed by atoms with E-state index in [1.807, 2.05) is 32.0 Å². The van der Waals surface area contributed by atoms with Gasteiger partial charge < -0.3 is 20.3 Å². The standard InChI is InChI=1S/C21H25N3O5S/c1-14-5-4-6-15(2)20(14)23-17(25)11-24(3)18(26)12-29-19(27)7-9-22-21(28)16-8-10-30-13-16/h4-6,8,10,13H,7,9,11-12H2,1-3H3,(H,22,28)(H,23,25). The number of esters is 1. The number of carbonyl (C=O) groups is 4. The first kappa shape index (κ1) is 23.1.